The molecule has 0 aliphatic carbocycles. The largest absolute Gasteiger partial charge is 0.416 e. The standard InChI is InChI=1S/C9H4F3N3O2/c10-9(11,12)5-1-3-6(4-2-5)15-7(16)13-14-8(15)17/h1-4H. The Bertz CT molecular complexity index is 489. The third-order valence-electron chi connectivity index (χ3n) is 2.06. The number of alkyl halides is 3. The highest BCUT2D eigenvalue weighted by molar-refractivity contribution is 6.17. The van der Waals surface area contributed by atoms with Crippen molar-refractivity contribution in [3.8, 4) is 0 Å². The number of hydrogen-bond donors (Lipinski definition) is 0. The number of amides is 4. The van der Waals surface area contributed by atoms with Crippen LogP contribution in [-0.2, 0) is 6.18 Å². The molecule has 1 aromatic rings. The van der Waals surface area contributed by atoms with Gasteiger partial charge in [0.15, 0.2) is 0 Å². The molecule has 1 aromatic carbocycles. The van der Waals surface area contributed by atoms with E-state index in [1.54, 1.807) is 0 Å². The van der Waals surface area contributed by atoms with Crippen molar-refractivity contribution < 1.29 is 22.8 Å². The van der Waals surface area contributed by atoms with Crippen LogP contribution >= 0.6 is 0 Å². The zero-order chi connectivity index (χ0) is 12.6. The van der Waals surface area contributed by atoms with Gasteiger partial charge in [-0.15, -0.1) is 0 Å². The number of hydrogen-bond acceptors (Lipinski definition) is 2. The molecule has 0 atom stereocenters. The Kier molecular flexibility index (Phi) is 2.41. The average Bonchev–Trinajstić information content (AvgIpc) is 2.58. The maximum absolute atomic E-state index is 12.3. The summed E-state index contributed by atoms with van der Waals surface area (Å²) in [5.41, 5.74) is -0.868. The van der Waals surface area contributed by atoms with E-state index in [4.69, 9.17) is 0 Å². The van der Waals surface area contributed by atoms with Crippen LogP contribution < -0.4 is 4.90 Å². The van der Waals surface area contributed by atoms with Crippen molar-refractivity contribution in [2.45, 2.75) is 6.18 Å². The third-order valence-corrected chi connectivity index (χ3v) is 2.06. The van der Waals surface area contributed by atoms with E-state index in [1.807, 2.05) is 0 Å². The van der Waals surface area contributed by atoms with E-state index in [9.17, 15) is 22.8 Å². The van der Waals surface area contributed by atoms with Crippen molar-refractivity contribution in [1.29, 1.82) is 0 Å². The van der Waals surface area contributed by atoms with Gasteiger partial charge >= 0.3 is 18.2 Å². The fraction of sp³-hybridized carbons (Fsp3) is 0.111. The van der Waals surface area contributed by atoms with Crippen molar-refractivity contribution in [3.63, 3.8) is 0 Å². The molecule has 1 heterocycles. The molecule has 0 radical (unpaired) electrons. The van der Waals surface area contributed by atoms with Crippen LogP contribution in [0.2, 0.25) is 0 Å². The van der Waals surface area contributed by atoms with Crippen molar-refractivity contribution in [2.24, 2.45) is 10.2 Å². The molecule has 5 nitrogen and oxygen atoms in total. The number of rotatable bonds is 1. The summed E-state index contributed by atoms with van der Waals surface area (Å²) in [5, 5.41) is 5.97. The molecule has 0 unspecified atom stereocenters. The Hall–Kier alpha value is -2.25. The summed E-state index contributed by atoms with van der Waals surface area (Å²) in [4.78, 5) is 22.8. The van der Waals surface area contributed by atoms with Crippen LogP contribution in [0.5, 0.6) is 0 Å². The number of benzene rings is 1. The van der Waals surface area contributed by atoms with Crippen LogP contribution in [0.25, 0.3) is 0 Å². The molecule has 0 N–H and O–H groups in total. The molecule has 88 valence electrons. The summed E-state index contributed by atoms with van der Waals surface area (Å²) in [6.45, 7) is 0. The number of urea groups is 2. The maximum atomic E-state index is 12.3. The topological polar surface area (TPSA) is 62.1 Å². The lowest BCUT2D eigenvalue weighted by atomic mass is 10.2. The molecule has 17 heavy (non-hydrogen) atoms. The Balaban J connectivity index is 2.31. The number of imide groups is 1. The van der Waals surface area contributed by atoms with Gasteiger partial charge in [-0.25, -0.2) is 14.5 Å². The second-order valence-electron chi connectivity index (χ2n) is 3.15. The highest BCUT2D eigenvalue weighted by Gasteiger charge is 2.32. The number of azo groups is 1. The summed E-state index contributed by atoms with van der Waals surface area (Å²) >= 11 is 0. The molecule has 0 saturated carbocycles. The normalized spacial score (nSPS) is 15.8. The van der Waals surface area contributed by atoms with Gasteiger partial charge < -0.3 is 0 Å². The Morgan fingerprint density at radius 1 is 0.941 bits per heavy atom. The van der Waals surface area contributed by atoms with Gasteiger partial charge in [-0.05, 0) is 24.3 Å². The minimum atomic E-state index is -4.47. The number of anilines is 1. The smallest absolute Gasteiger partial charge is 0.243 e. The summed E-state index contributed by atoms with van der Waals surface area (Å²) in [6, 6.07) is 1.72. The Morgan fingerprint density at radius 2 is 1.41 bits per heavy atom. The van der Waals surface area contributed by atoms with E-state index in [1.165, 1.54) is 0 Å². The minimum Gasteiger partial charge on any atom is -0.243 e. The van der Waals surface area contributed by atoms with Crippen LogP contribution in [0.1, 0.15) is 5.56 Å². The van der Waals surface area contributed by atoms with Crippen molar-refractivity contribution in [2.75, 3.05) is 4.90 Å². The quantitative estimate of drug-likeness (QED) is 0.760. The van der Waals surface area contributed by atoms with Gasteiger partial charge in [-0.3, -0.25) is 0 Å². The molecular formula is C9H4F3N3O2. The molecule has 0 spiro atoms. The van der Waals surface area contributed by atoms with Crippen LogP contribution in [-0.4, -0.2) is 12.1 Å². The summed E-state index contributed by atoms with van der Waals surface area (Å²) in [7, 11) is 0. The van der Waals surface area contributed by atoms with Gasteiger partial charge in [0.2, 0.25) is 0 Å². The van der Waals surface area contributed by atoms with E-state index in [-0.39, 0.29) is 5.69 Å². The zero-order valence-corrected chi connectivity index (χ0v) is 8.10. The molecule has 2 rings (SSSR count). The molecule has 1 aliphatic rings. The second kappa shape index (κ2) is 3.65. The van der Waals surface area contributed by atoms with E-state index < -0.39 is 23.8 Å². The molecule has 0 bridgehead atoms. The van der Waals surface area contributed by atoms with Crippen LogP contribution in [0.3, 0.4) is 0 Å². The SMILES string of the molecule is O=C1N=NC(=O)N1c1ccc(C(F)(F)F)cc1. The molecule has 0 aromatic heterocycles. The van der Waals surface area contributed by atoms with Crippen molar-refractivity contribution >= 4 is 17.7 Å². The Morgan fingerprint density at radius 3 is 1.82 bits per heavy atom. The lowest BCUT2D eigenvalue weighted by Crippen LogP contribution is -2.27. The number of nitrogens with zero attached hydrogens (tertiary/aromatic N) is 3. The fourth-order valence-corrected chi connectivity index (χ4v) is 1.28. The minimum absolute atomic E-state index is 0.00185. The fourth-order valence-electron chi connectivity index (χ4n) is 1.28. The van der Waals surface area contributed by atoms with Crippen molar-refractivity contribution in [1.82, 2.24) is 0 Å². The number of carbonyl (C=O) groups excluding carboxylic acids is 2. The average molecular weight is 243 g/mol. The first-order valence-electron chi connectivity index (χ1n) is 4.36. The number of halogens is 3. The van der Waals surface area contributed by atoms with Gasteiger partial charge in [0.05, 0.1) is 11.3 Å². The molecule has 1 aliphatic heterocycles. The number of carbonyl (C=O) groups is 2. The van der Waals surface area contributed by atoms with E-state index in [2.05, 4.69) is 10.2 Å². The third kappa shape index (κ3) is 2.01. The molecule has 8 heteroatoms. The van der Waals surface area contributed by atoms with Crippen LogP contribution in [0.4, 0.5) is 28.4 Å². The predicted octanol–water partition coefficient (Wildman–Crippen LogP) is 3.22. The first-order chi connectivity index (χ1) is 7.89. The van der Waals surface area contributed by atoms with Crippen LogP contribution in [0.15, 0.2) is 34.5 Å². The highest BCUT2D eigenvalue weighted by Crippen LogP contribution is 2.31. The lowest BCUT2D eigenvalue weighted by molar-refractivity contribution is -0.137. The second-order valence-corrected chi connectivity index (χ2v) is 3.15. The monoisotopic (exact) mass is 243 g/mol. The molecule has 0 saturated heterocycles. The molecule has 0 fully saturated rings. The van der Waals surface area contributed by atoms with E-state index >= 15 is 0 Å². The van der Waals surface area contributed by atoms with Gasteiger partial charge in [-0.1, -0.05) is 10.2 Å². The van der Waals surface area contributed by atoms with Gasteiger partial charge in [0.1, 0.15) is 0 Å². The van der Waals surface area contributed by atoms with E-state index in [0.717, 1.165) is 24.3 Å². The summed E-state index contributed by atoms with van der Waals surface area (Å²) in [6.07, 6.45) is -4.47. The first kappa shape index (κ1) is 11.2. The first-order valence-corrected chi connectivity index (χ1v) is 4.36. The summed E-state index contributed by atoms with van der Waals surface area (Å²) in [5.74, 6) is 0. The van der Waals surface area contributed by atoms with Gasteiger partial charge in [0, 0.05) is 0 Å². The lowest BCUT2D eigenvalue weighted by Gasteiger charge is -2.12. The Labute approximate surface area is 92.5 Å². The van der Waals surface area contributed by atoms with Crippen molar-refractivity contribution in [3.05, 3.63) is 29.8 Å². The van der Waals surface area contributed by atoms with Gasteiger partial charge in [-0.2, -0.15) is 13.2 Å². The van der Waals surface area contributed by atoms with Crippen LogP contribution in [0, 0.1) is 0 Å². The summed E-state index contributed by atoms with van der Waals surface area (Å²) < 4.78 is 36.8. The maximum Gasteiger partial charge on any atom is 0.416 e. The van der Waals surface area contributed by atoms with Gasteiger partial charge in [0.25, 0.3) is 0 Å². The molecular weight excluding hydrogens is 239 g/mol. The highest BCUT2D eigenvalue weighted by atomic mass is 19.4. The zero-order valence-electron chi connectivity index (χ0n) is 8.10. The predicted molar refractivity (Wildman–Crippen MR) is 49.6 cm³/mol. The van der Waals surface area contributed by atoms with E-state index in [0.29, 0.717) is 4.90 Å². The molecule has 4 amide bonds.